The number of carbonyl (C=O) groups excluding carboxylic acids is 1. The number of halogens is 1. The third-order valence-electron chi connectivity index (χ3n) is 3.46. The first-order chi connectivity index (χ1) is 8.65. The quantitative estimate of drug-likeness (QED) is 0.817. The van der Waals surface area contributed by atoms with E-state index in [4.69, 9.17) is 17.3 Å². The number of hydrogen-bond acceptors (Lipinski definition) is 2. The number of amides is 1. The summed E-state index contributed by atoms with van der Waals surface area (Å²) in [6.45, 7) is 0. The van der Waals surface area contributed by atoms with Crippen LogP contribution in [-0.4, -0.2) is 5.91 Å². The molecule has 1 aromatic carbocycles. The molecule has 0 aromatic heterocycles. The normalized spacial score (nSPS) is 16.5. The van der Waals surface area contributed by atoms with Crippen LogP contribution in [0.5, 0.6) is 0 Å². The molecule has 1 aromatic rings. The molecule has 0 unspecified atom stereocenters. The predicted octanol–water partition coefficient (Wildman–Crippen LogP) is 3.83. The maximum Gasteiger partial charge on any atom is 0.224 e. The summed E-state index contributed by atoms with van der Waals surface area (Å²) in [6, 6.07) is 5.12. The number of anilines is 2. The monoisotopic (exact) mass is 266 g/mol. The van der Waals surface area contributed by atoms with Gasteiger partial charge in [-0.25, -0.2) is 0 Å². The topological polar surface area (TPSA) is 55.1 Å². The highest BCUT2D eigenvalue weighted by molar-refractivity contribution is 6.33. The summed E-state index contributed by atoms with van der Waals surface area (Å²) in [4.78, 5) is 11.9. The maximum absolute atomic E-state index is 11.9. The molecule has 1 aliphatic rings. The molecular weight excluding hydrogens is 248 g/mol. The molecule has 1 aliphatic carbocycles. The lowest BCUT2D eigenvalue weighted by Crippen LogP contribution is -2.18. The van der Waals surface area contributed by atoms with Gasteiger partial charge in [-0.3, -0.25) is 4.79 Å². The maximum atomic E-state index is 11.9. The SMILES string of the molecule is Nc1ccc(Cl)c(NC(=O)CC2CCCCC2)c1. The van der Waals surface area contributed by atoms with Crippen molar-refractivity contribution in [2.24, 2.45) is 5.92 Å². The minimum absolute atomic E-state index is 0.0365. The van der Waals surface area contributed by atoms with E-state index in [1.807, 2.05) is 0 Å². The van der Waals surface area contributed by atoms with E-state index in [1.54, 1.807) is 18.2 Å². The van der Waals surface area contributed by atoms with Crippen LogP contribution in [0.1, 0.15) is 38.5 Å². The Hall–Kier alpha value is -1.22. The van der Waals surface area contributed by atoms with E-state index in [-0.39, 0.29) is 5.91 Å². The molecule has 1 fully saturated rings. The van der Waals surface area contributed by atoms with Crippen LogP contribution in [0.15, 0.2) is 18.2 Å². The Morgan fingerprint density at radius 3 is 2.78 bits per heavy atom. The molecule has 0 atom stereocenters. The summed E-state index contributed by atoms with van der Waals surface area (Å²) in [5.41, 5.74) is 6.89. The Kier molecular flexibility index (Phi) is 4.48. The Morgan fingerprint density at radius 1 is 1.33 bits per heavy atom. The summed E-state index contributed by atoms with van der Waals surface area (Å²) in [6.07, 6.45) is 6.72. The number of nitrogens with one attached hydrogen (secondary N) is 1. The first kappa shape index (κ1) is 13.2. The fourth-order valence-corrected chi connectivity index (χ4v) is 2.66. The van der Waals surface area contributed by atoms with E-state index >= 15 is 0 Å². The third-order valence-corrected chi connectivity index (χ3v) is 3.79. The zero-order valence-electron chi connectivity index (χ0n) is 10.4. The van der Waals surface area contributed by atoms with Crippen LogP contribution in [-0.2, 0) is 4.79 Å². The van der Waals surface area contributed by atoms with Crippen molar-refractivity contribution in [3.8, 4) is 0 Å². The van der Waals surface area contributed by atoms with Crippen molar-refractivity contribution in [2.75, 3.05) is 11.1 Å². The molecule has 18 heavy (non-hydrogen) atoms. The fraction of sp³-hybridized carbons (Fsp3) is 0.500. The largest absolute Gasteiger partial charge is 0.399 e. The van der Waals surface area contributed by atoms with Gasteiger partial charge in [-0.05, 0) is 37.0 Å². The van der Waals surface area contributed by atoms with Gasteiger partial charge in [0, 0.05) is 12.1 Å². The lowest BCUT2D eigenvalue weighted by Gasteiger charge is -2.21. The fourth-order valence-electron chi connectivity index (χ4n) is 2.49. The molecule has 98 valence electrons. The summed E-state index contributed by atoms with van der Waals surface area (Å²) in [5, 5.41) is 3.38. The van der Waals surface area contributed by atoms with Gasteiger partial charge in [0.25, 0.3) is 0 Å². The summed E-state index contributed by atoms with van der Waals surface area (Å²) < 4.78 is 0. The molecule has 0 bridgehead atoms. The first-order valence-corrected chi connectivity index (χ1v) is 6.88. The van der Waals surface area contributed by atoms with Crippen molar-refractivity contribution >= 4 is 28.9 Å². The summed E-state index contributed by atoms with van der Waals surface area (Å²) >= 11 is 6.01. The van der Waals surface area contributed by atoms with Crippen LogP contribution in [0, 0.1) is 5.92 Å². The number of nitrogen functional groups attached to an aromatic ring is 1. The second-order valence-corrected chi connectivity index (χ2v) is 5.40. The summed E-state index contributed by atoms with van der Waals surface area (Å²) in [7, 11) is 0. The predicted molar refractivity (Wildman–Crippen MR) is 75.7 cm³/mol. The van der Waals surface area contributed by atoms with Crippen molar-refractivity contribution in [1.29, 1.82) is 0 Å². The van der Waals surface area contributed by atoms with E-state index < -0.39 is 0 Å². The number of carbonyl (C=O) groups is 1. The zero-order valence-corrected chi connectivity index (χ0v) is 11.2. The number of benzene rings is 1. The molecule has 0 spiro atoms. The molecule has 0 saturated heterocycles. The van der Waals surface area contributed by atoms with Crippen molar-refractivity contribution in [3.63, 3.8) is 0 Å². The average molecular weight is 267 g/mol. The molecule has 0 aliphatic heterocycles. The molecule has 4 heteroatoms. The highest BCUT2D eigenvalue weighted by Crippen LogP contribution is 2.28. The highest BCUT2D eigenvalue weighted by Gasteiger charge is 2.17. The van der Waals surface area contributed by atoms with E-state index in [0.717, 1.165) is 12.8 Å². The van der Waals surface area contributed by atoms with Gasteiger partial charge in [0.05, 0.1) is 10.7 Å². The highest BCUT2D eigenvalue weighted by atomic mass is 35.5. The van der Waals surface area contributed by atoms with Crippen LogP contribution in [0.3, 0.4) is 0 Å². The average Bonchev–Trinajstić information content (AvgIpc) is 2.35. The number of rotatable bonds is 3. The second-order valence-electron chi connectivity index (χ2n) is 5.00. The van der Waals surface area contributed by atoms with Crippen molar-refractivity contribution < 1.29 is 4.79 Å². The van der Waals surface area contributed by atoms with Crippen LogP contribution < -0.4 is 11.1 Å². The number of hydrogen-bond donors (Lipinski definition) is 2. The summed E-state index contributed by atoms with van der Waals surface area (Å²) in [5.74, 6) is 0.563. The molecule has 0 heterocycles. The molecule has 1 saturated carbocycles. The van der Waals surface area contributed by atoms with E-state index in [9.17, 15) is 4.79 Å². The van der Waals surface area contributed by atoms with E-state index in [2.05, 4.69) is 5.32 Å². The standard InChI is InChI=1S/C14H19ClN2O/c15-12-7-6-11(16)9-13(12)17-14(18)8-10-4-2-1-3-5-10/h6-7,9-10H,1-5,8,16H2,(H,17,18). The van der Waals surface area contributed by atoms with Crippen LogP contribution in [0.25, 0.3) is 0 Å². The van der Waals surface area contributed by atoms with Gasteiger partial charge >= 0.3 is 0 Å². The van der Waals surface area contributed by atoms with Gasteiger partial charge in [-0.1, -0.05) is 30.9 Å². The zero-order chi connectivity index (χ0) is 13.0. The first-order valence-electron chi connectivity index (χ1n) is 6.50. The molecule has 2 rings (SSSR count). The minimum atomic E-state index is 0.0365. The van der Waals surface area contributed by atoms with Gasteiger partial charge < -0.3 is 11.1 Å². The number of nitrogens with two attached hydrogens (primary N) is 1. The van der Waals surface area contributed by atoms with Crippen molar-refractivity contribution in [2.45, 2.75) is 38.5 Å². The second kappa shape index (κ2) is 6.10. The Labute approximate surface area is 113 Å². The van der Waals surface area contributed by atoms with Crippen LogP contribution >= 0.6 is 11.6 Å². The van der Waals surface area contributed by atoms with Crippen molar-refractivity contribution in [1.82, 2.24) is 0 Å². The molecular formula is C14H19ClN2O. The smallest absolute Gasteiger partial charge is 0.224 e. The van der Waals surface area contributed by atoms with Gasteiger partial charge in [-0.15, -0.1) is 0 Å². The Bertz CT molecular complexity index is 428. The van der Waals surface area contributed by atoms with Crippen LogP contribution in [0.4, 0.5) is 11.4 Å². The van der Waals surface area contributed by atoms with Gasteiger partial charge in [0.2, 0.25) is 5.91 Å². The van der Waals surface area contributed by atoms with Gasteiger partial charge in [0.1, 0.15) is 0 Å². The third kappa shape index (κ3) is 3.64. The van der Waals surface area contributed by atoms with E-state index in [1.165, 1.54) is 19.3 Å². The van der Waals surface area contributed by atoms with Crippen molar-refractivity contribution in [3.05, 3.63) is 23.2 Å². The van der Waals surface area contributed by atoms with E-state index in [0.29, 0.717) is 28.7 Å². The lowest BCUT2D eigenvalue weighted by molar-refractivity contribution is -0.117. The Morgan fingerprint density at radius 2 is 2.06 bits per heavy atom. The van der Waals surface area contributed by atoms with Gasteiger partial charge in [-0.2, -0.15) is 0 Å². The molecule has 1 amide bonds. The van der Waals surface area contributed by atoms with Gasteiger partial charge in [0.15, 0.2) is 0 Å². The molecule has 3 N–H and O–H groups in total. The molecule has 0 radical (unpaired) electrons. The minimum Gasteiger partial charge on any atom is -0.399 e. The van der Waals surface area contributed by atoms with Crippen LogP contribution in [0.2, 0.25) is 5.02 Å². The Balaban J connectivity index is 1.92. The molecule has 3 nitrogen and oxygen atoms in total. The lowest BCUT2D eigenvalue weighted by atomic mass is 9.87.